The number of carbonyl (C=O) groups is 1. The van der Waals surface area contributed by atoms with Crippen molar-refractivity contribution in [1.82, 2.24) is 0 Å². The van der Waals surface area contributed by atoms with Crippen LogP contribution < -0.4 is 0 Å². The van der Waals surface area contributed by atoms with E-state index in [1.807, 2.05) is 0 Å². The van der Waals surface area contributed by atoms with Crippen molar-refractivity contribution in [3.05, 3.63) is 29.8 Å². The second-order valence-corrected chi connectivity index (χ2v) is 6.78. The molecule has 0 aromatic heterocycles. The number of benzene rings is 1. The summed E-state index contributed by atoms with van der Waals surface area (Å²) in [7, 11) is 0. The lowest BCUT2D eigenvalue weighted by atomic mass is 10.1. The zero-order valence-corrected chi connectivity index (χ0v) is 16.1. The van der Waals surface area contributed by atoms with Gasteiger partial charge in [0.2, 0.25) is 0 Å². The van der Waals surface area contributed by atoms with E-state index >= 15 is 0 Å². The van der Waals surface area contributed by atoms with Crippen LogP contribution in [0.3, 0.4) is 0 Å². The van der Waals surface area contributed by atoms with Crippen molar-refractivity contribution in [2.45, 2.75) is 77.6 Å². The molecule has 4 heteroatoms. The Hall–Kier alpha value is -1.97. The van der Waals surface area contributed by atoms with Gasteiger partial charge < -0.3 is 14.9 Å². The lowest BCUT2D eigenvalue weighted by Gasteiger charge is -2.04. The third-order valence-corrected chi connectivity index (χ3v) is 4.41. The number of hydrogen-bond donors (Lipinski definition) is 2. The molecule has 0 aliphatic heterocycles. The zero-order chi connectivity index (χ0) is 19.0. The standard InChI is InChI=1S/C22H34O4/c1-2-3-4-5-6-7-8-9-10-11-12-17-26-22(25)16-14-19-13-15-20(23)18-21(19)24/h13-16,18,23-24H,2-12,17H2,1H3/b16-14+. The van der Waals surface area contributed by atoms with Crippen molar-refractivity contribution in [2.75, 3.05) is 6.61 Å². The average molecular weight is 363 g/mol. The third kappa shape index (κ3) is 10.8. The molecule has 0 unspecified atom stereocenters. The van der Waals surface area contributed by atoms with Gasteiger partial charge in [-0.3, -0.25) is 0 Å². The van der Waals surface area contributed by atoms with Crippen molar-refractivity contribution in [3.63, 3.8) is 0 Å². The van der Waals surface area contributed by atoms with Crippen LogP contribution in [0.2, 0.25) is 0 Å². The fourth-order valence-electron chi connectivity index (χ4n) is 2.82. The number of hydrogen-bond acceptors (Lipinski definition) is 4. The molecular weight excluding hydrogens is 328 g/mol. The number of carbonyl (C=O) groups excluding carboxylic acids is 1. The highest BCUT2D eigenvalue weighted by atomic mass is 16.5. The lowest BCUT2D eigenvalue weighted by Crippen LogP contribution is -2.02. The fourth-order valence-corrected chi connectivity index (χ4v) is 2.82. The highest BCUT2D eigenvalue weighted by Gasteiger charge is 2.01. The van der Waals surface area contributed by atoms with Gasteiger partial charge in [0.25, 0.3) is 0 Å². The Balaban J connectivity index is 1.99. The highest BCUT2D eigenvalue weighted by molar-refractivity contribution is 5.87. The van der Waals surface area contributed by atoms with E-state index in [0.717, 1.165) is 12.8 Å². The zero-order valence-electron chi connectivity index (χ0n) is 16.1. The molecule has 0 amide bonds. The van der Waals surface area contributed by atoms with Gasteiger partial charge in [-0.15, -0.1) is 0 Å². The molecule has 1 aromatic rings. The largest absolute Gasteiger partial charge is 0.508 e. The lowest BCUT2D eigenvalue weighted by molar-refractivity contribution is -0.137. The molecule has 2 N–H and O–H groups in total. The number of phenols is 2. The van der Waals surface area contributed by atoms with Crippen LogP contribution in [0.5, 0.6) is 11.5 Å². The molecule has 0 fully saturated rings. The number of rotatable bonds is 14. The summed E-state index contributed by atoms with van der Waals surface area (Å²) >= 11 is 0. The van der Waals surface area contributed by atoms with Gasteiger partial charge in [0, 0.05) is 17.7 Å². The van der Waals surface area contributed by atoms with Gasteiger partial charge in [-0.05, 0) is 24.6 Å². The number of phenolic OH excluding ortho intramolecular Hbond substituents is 2. The summed E-state index contributed by atoms with van der Waals surface area (Å²) in [5, 5.41) is 18.8. The minimum Gasteiger partial charge on any atom is -0.508 e. The summed E-state index contributed by atoms with van der Waals surface area (Å²) in [6.07, 6.45) is 16.7. The fraction of sp³-hybridized carbons (Fsp3) is 0.591. The molecule has 0 saturated heterocycles. The topological polar surface area (TPSA) is 66.8 Å². The number of ether oxygens (including phenoxy) is 1. The van der Waals surface area contributed by atoms with Crippen LogP contribution in [0, 0.1) is 0 Å². The van der Waals surface area contributed by atoms with Crippen LogP contribution in [0.4, 0.5) is 0 Å². The number of aromatic hydroxyl groups is 2. The first-order valence-electron chi connectivity index (χ1n) is 10.00. The summed E-state index contributed by atoms with van der Waals surface area (Å²) in [4.78, 5) is 11.6. The van der Waals surface area contributed by atoms with Gasteiger partial charge in [-0.1, -0.05) is 71.1 Å². The summed E-state index contributed by atoms with van der Waals surface area (Å²) < 4.78 is 5.15. The molecule has 0 aliphatic carbocycles. The van der Waals surface area contributed by atoms with Gasteiger partial charge in [0.05, 0.1) is 6.61 Å². The van der Waals surface area contributed by atoms with Crippen molar-refractivity contribution in [1.29, 1.82) is 0 Å². The second-order valence-electron chi connectivity index (χ2n) is 6.78. The maximum absolute atomic E-state index is 11.6. The third-order valence-electron chi connectivity index (χ3n) is 4.41. The smallest absolute Gasteiger partial charge is 0.330 e. The highest BCUT2D eigenvalue weighted by Crippen LogP contribution is 2.23. The first kappa shape index (κ1) is 22.1. The maximum Gasteiger partial charge on any atom is 0.330 e. The van der Waals surface area contributed by atoms with Crippen molar-refractivity contribution in [2.24, 2.45) is 0 Å². The molecule has 0 saturated carbocycles. The van der Waals surface area contributed by atoms with E-state index in [9.17, 15) is 15.0 Å². The molecule has 0 bridgehead atoms. The molecule has 0 atom stereocenters. The van der Waals surface area contributed by atoms with Gasteiger partial charge in [0.1, 0.15) is 11.5 Å². The van der Waals surface area contributed by atoms with Crippen LogP contribution >= 0.6 is 0 Å². The molecule has 0 heterocycles. The van der Waals surface area contributed by atoms with Gasteiger partial charge in [-0.25, -0.2) is 4.79 Å². The first-order valence-corrected chi connectivity index (χ1v) is 10.00. The van der Waals surface area contributed by atoms with E-state index in [0.29, 0.717) is 12.2 Å². The second kappa shape index (κ2) is 14.2. The normalized spacial score (nSPS) is 11.1. The molecule has 26 heavy (non-hydrogen) atoms. The van der Waals surface area contributed by atoms with Crippen LogP contribution in [-0.4, -0.2) is 22.8 Å². The Bertz CT molecular complexity index is 537. The van der Waals surface area contributed by atoms with E-state index < -0.39 is 5.97 Å². The Labute approximate surface area is 157 Å². The summed E-state index contributed by atoms with van der Waals surface area (Å²) in [6, 6.07) is 4.23. The molecule has 146 valence electrons. The monoisotopic (exact) mass is 362 g/mol. The predicted octanol–water partition coefficient (Wildman–Crippen LogP) is 5.97. The minimum absolute atomic E-state index is 0.0151. The molecule has 0 aliphatic rings. The summed E-state index contributed by atoms with van der Waals surface area (Å²) in [6.45, 7) is 2.68. The van der Waals surface area contributed by atoms with Crippen LogP contribution in [0.15, 0.2) is 24.3 Å². The average Bonchev–Trinajstić information content (AvgIpc) is 2.62. The van der Waals surface area contributed by atoms with Crippen LogP contribution in [0.25, 0.3) is 6.08 Å². The maximum atomic E-state index is 11.6. The molecule has 0 radical (unpaired) electrons. The Morgan fingerprint density at radius 1 is 0.923 bits per heavy atom. The molecule has 1 aromatic carbocycles. The molecule has 0 spiro atoms. The molecule has 4 nitrogen and oxygen atoms in total. The first-order chi connectivity index (χ1) is 12.6. The Morgan fingerprint density at radius 3 is 2.08 bits per heavy atom. The van der Waals surface area contributed by atoms with E-state index in [1.54, 1.807) is 0 Å². The van der Waals surface area contributed by atoms with Crippen LogP contribution in [0.1, 0.15) is 83.1 Å². The van der Waals surface area contributed by atoms with Crippen molar-refractivity contribution >= 4 is 12.0 Å². The minimum atomic E-state index is -0.412. The Morgan fingerprint density at radius 2 is 1.50 bits per heavy atom. The number of esters is 1. The molecular formula is C22H34O4. The van der Waals surface area contributed by atoms with E-state index in [4.69, 9.17) is 4.74 Å². The van der Waals surface area contributed by atoms with E-state index in [-0.39, 0.29) is 11.5 Å². The van der Waals surface area contributed by atoms with Gasteiger partial charge in [0.15, 0.2) is 0 Å². The number of unbranched alkanes of at least 4 members (excludes halogenated alkanes) is 10. The van der Waals surface area contributed by atoms with E-state index in [1.165, 1.54) is 88.1 Å². The van der Waals surface area contributed by atoms with Crippen molar-refractivity contribution in [3.8, 4) is 11.5 Å². The summed E-state index contributed by atoms with van der Waals surface area (Å²) in [5.41, 5.74) is 0.467. The van der Waals surface area contributed by atoms with Crippen molar-refractivity contribution < 1.29 is 19.7 Å². The predicted molar refractivity (Wildman–Crippen MR) is 106 cm³/mol. The van der Waals surface area contributed by atoms with E-state index in [2.05, 4.69) is 6.92 Å². The van der Waals surface area contributed by atoms with Crippen LogP contribution in [-0.2, 0) is 9.53 Å². The Kier molecular flexibility index (Phi) is 12.1. The van der Waals surface area contributed by atoms with Gasteiger partial charge >= 0.3 is 5.97 Å². The SMILES string of the molecule is CCCCCCCCCCCCCOC(=O)/C=C/c1ccc(O)cc1O. The quantitative estimate of drug-likeness (QED) is 0.243. The molecule has 1 rings (SSSR count). The summed E-state index contributed by atoms with van der Waals surface area (Å²) in [5.74, 6) is -0.498. The van der Waals surface area contributed by atoms with Gasteiger partial charge in [-0.2, -0.15) is 0 Å².